The maximum absolute atomic E-state index is 14.3. The smallest absolute Gasteiger partial charge is 0.220 e. The summed E-state index contributed by atoms with van der Waals surface area (Å²) in [6.45, 7) is 5.16. The average Bonchev–Trinajstić information content (AvgIpc) is 3.31. The van der Waals surface area contributed by atoms with Crippen LogP contribution < -0.4 is 16.0 Å². The molecule has 1 unspecified atom stereocenters. The number of thiophene rings is 1. The minimum atomic E-state index is -0.270. The van der Waals surface area contributed by atoms with Crippen LogP contribution in [-0.4, -0.2) is 33.9 Å². The molecule has 1 saturated heterocycles. The first-order valence-corrected chi connectivity index (χ1v) is 11.9. The molecule has 3 N–H and O–H groups in total. The fraction of sp³-hybridized carbons (Fsp3) is 0.333. The molecule has 1 atom stereocenters. The van der Waals surface area contributed by atoms with Crippen molar-refractivity contribution in [2.75, 3.05) is 23.3 Å². The van der Waals surface area contributed by atoms with Crippen molar-refractivity contribution in [1.82, 2.24) is 15.0 Å². The molecule has 0 bridgehead atoms. The number of aromatic nitrogens is 3. The molecule has 1 amide bonds. The molecule has 0 spiro atoms. The summed E-state index contributed by atoms with van der Waals surface area (Å²) in [5, 5.41) is 7.39. The maximum Gasteiger partial charge on any atom is 0.220 e. The SMILES string of the molecule is Cc1c(F)ccc2cc(C(C)Nc3ncnc4sccc34)c(N3CCC(C(N)=O)CC3)nc12. The lowest BCUT2D eigenvalue weighted by molar-refractivity contribution is -0.122. The van der Waals surface area contributed by atoms with Gasteiger partial charge in [-0.25, -0.2) is 19.3 Å². The molecule has 0 aliphatic carbocycles. The van der Waals surface area contributed by atoms with Gasteiger partial charge in [0.2, 0.25) is 5.91 Å². The van der Waals surface area contributed by atoms with Crippen LogP contribution in [0.1, 0.15) is 36.9 Å². The molecule has 170 valence electrons. The number of amides is 1. The lowest BCUT2D eigenvalue weighted by Crippen LogP contribution is -2.39. The normalized spacial score (nSPS) is 15.8. The number of benzene rings is 1. The Bertz CT molecular complexity index is 1350. The van der Waals surface area contributed by atoms with Gasteiger partial charge in [0.05, 0.1) is 16.9 Å². The number of aryl methyl sites for hydroxylation is 1. The first-order chi connectivity index (χ1) is 15.9. The number of hydrogen-bond donors (Lipinski definition) is 2. The van der Waals surface area contributed by atoms with Gasteiger partial charge in [-0.3, -0.25) is 4.79 Å². The third-order valence-corrected chi connectivity index (χ3v) is 7.28. The Morgan fingerprint density at radius 3 is 2.82 bits per heavy atom. The Balaban J connectivity index is 1.56. The van der Waals surface area contributed by atoms with E-state index in [0.717, 1.165) is 32.8 Å². The number of nitrogens with zero attached hydrogens (tertiary/aromatic N) is 4. The third kappa shape index (κ3) is 3.97. The Kier molecular flexibility index (Phi) is 5.57. The first kappa shape index (κ1) is 21.5. The molecule has 4 aromatic rings. The van der Waals surface area contributed by atoms with Gasteiger partial charge in [0.25, 0.3) is 0 Å². The number of primary amides is 1. The number of rotatable bonds is 5. The third-order valence-electron chi connectivity index (χ3n) is 6.46. The number of nitrogens with one attached hydrogen (secondary N) is 1. The average molecular weight is 465 g/mol. The van der Waals surface area contributed by atoms with Crippen LogP contribution in [0.3, 0.4) is 0 Å². The van der Waals surface area contributed by atoms with Gasteiger partial charge in [0.15, 0.2) is 0 Å². The highest BCUT2D eigenvalue weighted by molar-refractivity contribution is 7.16. The van der Waals surface area contributed by atoms with E-state index >= 15 is 0 Å². The summed E-state index contributed by atoms with van der Waals surface area (Å²) in [6, 6.07) is 7.22. The van der Waals surface area contributed by atoms with Gasteiger partial charge >= 0.3 is 0 Å². The zero-order valence-electron chi connectivity index (χ0n) is 18.5. The molecule has 4 heterocycles. The molecule has 1 aromatic carbocycles. The maximum atomic E-state index is 14.3. The highest BCUT2D eigenvalue weighted by atomic mass is 32.1. The minimum absolute atomic E-state index is 0.117. The highest BCUT2D eigenvalue weighted by Crippen LogP contribution is 2.35. The van der Waals surface area contributed by atoms with Crippen molar-refractivity contribution in [2.45, 2.75) is 32.7 Å². The predicted octanol–water partition coefficient (Wildman–Crippen LogP) is 4.56. The zero-order valence-corrected chi connectivity index (χ0v) is 19.3. The molecule has 3 aromatic heterocycles. The summed E-state index contributed by atoms with van der Waals surface area (Å²) in [7, 11) is 0. The van der Waals surface area contributed by atoms with Crippen LogP contribution in [0.15, 0.2) is 36.0 Å². The topological polar surface area (TPSA) is 97.0 Å². The number of halogens is 1. The van der Waals surface area contributed by atoms with Crippen LogP contribution in [0.5, 0.6) is 0 Å². The fourth-order valence-electron chi connectivity index (χ4n) is 4.50. The molecule has 7 nitrogen and oxygen atoms in total. The van der Waals surface area contributed by atoms with Crippen LogP contribution >= 0.6 is 11.3 Å². The van der Waals surface area contributed by atoms with E-state index in [9.17, 15) is 9.18 Å². The summed E-state index contributed by atoms with van der Waals surface area (Å²) in [6.07, 6.45) is 2.92. The number of fused-ring (bicyclic) bond motifs is 2. The number of nitrogens with two attached hydrogens (primary N) is 1. The monoisotopic (exact) mass is 464 g/mol. The lowest BCUT2D eigenvalue weighted by Gasteiger charge is -2.34. The zero-order chi connectivity index (χ0) is 23.1. The molecule has 0 radical (unpaired) electrons. The van der Waals surface area contributed by atoms with Gasteiger partial charge < -0.3 is 16.0 Å². The van der Waals surface area contributed by atoms with E-state index in [4.69, 9.17) is 10.7 Å². The Morgan fingerprint density at radius 1 is 1.27 bits per heavy atom. The number of hydrogen-bond acceptors (Lipinski definition) is 7. The largest absolute Gasteiger partial charge is 0.369 e. The van der Waals surface area contributed by atoms with Gasteiger partial charge in [0, 0.05) is 35.5 Å². The van der Waals surface area contributed by atoms with E-state index in [1.165, 1.54) is 6.07 Å². The van der Waals surface area contributed by atoms with Crippen molar-refractivity contribution >= 4 is 50.0 Å². The standard InChI is InChI=1S/C24H25FN6OS/c1-13-19(25)4-3-16-11-18(14(2)29-22-17-7-10-33-24(17)28-12-27-22)23(30-20(13)16)31-8-5-15(6-9-31)21(26)32/h3-4,7,10-12,14-15H,5-6,8-9H2,1-2H3,(H2,26,32)(H,27,28,29). The van der Waals surface area contributed by atoms with E-state index in [-0.39, 0.29) is 23.7 Å². The van der Waals surface area contributed by atoms with Crippen LogP contribution in [0.2, 0.25) is 0 Å². The van der Waals surface area contributed by atoms with E-state index in [0.29, 0.717) is 37.0 Å². The molecular formula is C24H25FN6OS. The summed E-state index contributed by atoms with van der Waals surface area (Å²) in [5.41, 5.74) is 7.70. The van der Waals surface area contributed by atoms with Crippen molar-refractivity contribution in [3.63, 3.8) is 0 Å². The van der Waals surface area contributed by atoms with Gasteiger partial charge in [-0.15, -0.1) is 11.3 Å². The van der Waals surface area contributed by atoms with Crippen LogP contribution in [0, 0.1) is 18.7 Å². The van der Waals surface area contributed by atoms with Crippen molar-refractivity contribution in [1.29, 1.82) is 0 Å². The molecule has 0 saturated carbocycles. The Morgan fingerprint density at radius 2 is 2.06 bits per heavy atom. The number of carbonyl (C=O) groups excluding carboxylic acids is 1. The van der Waals surface area contributed by atoms with Gasteiger partial charge in [0.1, 0.15) is 28.6 Å². The number of carbonyl (C=O) groups is 1. The van der Waals surface area contributed by atoms with Crippen molar-refractivity contribution in [3.05, 3.63) is 52.9 Å². The summed E-state index contributed by atoms with van der Waals surface area (Å²) in [4.78, 5) is 28.5. The van der Waals surface area contributed by atoms with Crippen molar-refractivity contribution in [2.24, 2.45) is 11.7 Å². The summed E-state index contributed by atoms with van der Waals surface area (Å²) < 4.78 is 14.3. The van der Waals surface area contributed by atoms with E-state index in [1.807, 2.05) is 11.4 Å². The molecular weight excluding hydrogens is 439 g/mol. The molecule has 1 aliphatic rings. The van der Waals surface area contributed by atoms with Crippen molar-refractivity contribution in [3.8, 4) is 0 Å². The first-order valence-electron chi connectivity index (χ1n) is 11.0. The van der Waals surface area contributed by atoms with Gasteiger partial charge in [-0.1, -0.05) is 0 Å². The van der Waals surface area contributed by atoms with E-state index in [1.54, 1.807) is 30.7 Å². The molecule has 9 heteroatoms. The van der Waals surface area contributed by atoms with Gasteiger partial charge in [-0.05, 0) is 56.3 Å². The Labute approximate surface area is 194 Å². The van der Waals surface area contributed by atoms with Crippen LogP contribution in [0.4, 0.5) is 16.0 Å². The minimum Gasteiger partial charge on any atom is -0.369 e. The number of anilines is 2. The molecule has 33 heavy (non-hydrogen) atoms. The second-order valence-electron chi connectivity index (χ2n) is 8.54. The molecule has 1 aliphatic heterocycles. The molecule has 5 rings (SSSR count). The quantitative estimate of drug-likeness (QED) is 0.449. The second-order valence-corrected chi connectivity index (χ2v) is 9.43. The number of piperidine rings is 1. The summed E-state index contributed by atoms with van der Waals surface area (Å²) in [5.74, 6) is 0.927. The van der Waals surface area contributed by atoms with Crippen LogP contribution in [-0.2, 0) is 4.79 Å². The summed E-state index contributed by atoms with van der Waals surface area (Å²) >= 11 is 1.57. The van der Waals surface area contributed by atoms with E-state index < -0.39 is 0 Å². The van der Waals surface area contributed by atoms with Crippen LogP contribution in [0.25, 0.3) is 21.1 Å². The number of pyridine rings is 1. The highest BCUT2D eigenvalue weighted by Gasteiger charge is 2.27. The Hall–Kier alpha value is -3.33. The second kappa shape index (κ2) is 8.55. The van der Waals surface area contributed by atoms with Crippen molar-refractivity contribution < 1.29 is 9.18 Å². The lowest BCUT2D eigenvalue weighted by atomic mass is 9.95. The fourth-order valence-corrected chi connectivity index (χ4v) is 5.23. The van der Waals surface area contributed by atoms with Gasteiger partial charge in [-0.2, -0.15) is 0 Å². The predicted molar refractivity (Wildman–Crippen MR) is 130 cm³/mol. The molecule has 1 fully saturated rings. The van der Waals surface area contributed by atoms with E-state index in [2.05, 4.69) is 33.2 Å².